The van der Waals surface area contributed by atoms with Crippen molar-refractivity contribution in [2.45, 2.75) is 70.7 Å². The lowest BCUT2D eigenvalue weighted by atomic mass is 9.66. The summed E-state index contributed by atoms with van der Waals surface area (Å²) in [7, 11) is 1.35. The number of ether oxygens (including phenoxy) is 2. The van der Waals surface area contributed by atoms with Gasteiger partial charge in [0.1, 0.15) is 5.41 Å². The molecular weight excluding hydrogens is 563 g/mol. The number of hydrogen-bond acceptors (Lipinski definition) is 5. The van der Waals surface area contributed by atoms with E-state index >= 15 is 0 Å². The van der Waals surface area contributed by atoms with E-state index in [1.54, 1.807) is 23.1 Å². The van der Waals surface area contributed by atoms with Crippen molar-refractivity contribution in [1.82, 2.24) is 10.2 Å². The highest BCUT2D eigenvalue weighted by Crippen LogP contribution is 2.52. The van der Waals surface area contributed by atoms with Crippen LogP contribution in [0.4, 0.5) is 0 Å². The highest BCUT2D eigenvalue weighted by atomic mass is 35.5. The van der Waals surface area contributed by atoms with Crippen LogP contribution in [-0.2, 0) is 36.9 Å². The van der Waals surface area contributed by atoms with Crippen LogP contribution in [0.25, 0.3) is 0 Å². The van der Waals surface area contributed by atoms with Crippen LogP contribution >= 0.6 is 23.2 Å². The van der Waals surface area contributed by atoms with E-state index in [9.17, 15) is 14.4 Å². The van der Waals surface area contributed by atoms with Gasteiger partial charge in [-0.1, -0.05) is 72.4 Å². The molecule has 218 valence electrons. The number of likely N-dealkylation sites (tertiary alicyclic amines) is 1. The molecule has 2 amide bonds. The Kier molecular flexibility index (Phi) is 9.07. The van der Waals surface area contributed by atoms with E-state index in [1.165, 1.54) is 7.11 Å². The summed E-state index contributed by atoms with van der Waals surface area (Å²) in [5.74, 6) is -1.41. The quantitative estimate of drug-likeness (QED) is 0.373. The second-order valence-corrected chi connectivity index (χ2v) is 12.2. The van der Waals surface area contributed by atoms with Crippen molar-refractivity contribution in [2.24, 2.45) is 17.3 Å². The van der Waals surface area contributed by atoms with Crippen molar-refractivity contribution >= 4 is 41.0 Å². The predicted octanol–water partition coefficient (Wildman–Crippen LogP) is 6.07. The molecule has 0 unspecified atom stereocenters. The number of halogens is 2. The number of piperidine rings is 1. The molecule has 2 fully saturated rings. The van der Waals surface area contributed by atoms with Gasteiger partial charge in [-0.2, -0.15) is 0 Å². The Hall–Kier alpha value is -2.87. The fourth-order valence-electron chi connectivity index (χ4n) is 6.62. The third-order valence-corrected chi connectivity index (χ3v) is 9.42. The molecule has 1 aliphatic carbocycles. The van der Waals surface area contributed by atoms with E-state index < -0.39 is 23.4 Å². The van der Waals surface area contributed by atoms with Crippen molar-refractivity contribution in [3.63, 3.8) is 0 Å². The Labute approximate surface area is 251 Å². The first-order chi connectivity index (χ1) is 19.7. The van der Waals surface area contributed by atoms with E-state index in [0.29, 0.717) is 33.8 Å². The smallest absolute Gasteiger partial charge is 0.320 e. The fraction of sp³-hybridized carbons (Fsp3) is 0.469. The topological polar surface area (TPSA) is 84.9 Å². The molecule has 2 aromatic rings. The number of methoxy groups -OCH3 is 1. The van der Waals surface area contributed by atoms with Gasteiger partial charge in [-0.3, -0.25) is 14.4 Å². The Balaban J connectivity index is 1.51. The third kappa shape index (κ3) is 6.04. The molecular formula is C32H36Cl2N2O5. The number of rotatable bonds is 8. The van der Waals surface area contributed by atoms with Crippen LogP contribution in [0.15, 0.2) is 60.3 Å². The average Bonchev–Trinajstić information content (AvgIpc) is 3.51. The van der Waals surface area contributed by atoms with Gasteiger partial charge in [0, 0.05) is 34.6 Å². The third-order valence-electron chi connectivity index (χ3n) is 8.83. The number of fused-ring (bicyclic) bond motifs is 1. The number of carbonyl (C=O) groups excluding carboxylic acids is 3. The van der Waals surface area contributed by atoms with E-state index in [0.717, 1.165) is 31.2 Å². The van der Waals surface area contributed by atoms with E-state index in [4.69, 9.17) is 32.7 Å². The van der Waals surface area contributed by atoms with Crippen LogP contribution in [0.3, 0.4) is 0 Å². The van der Waals surface area contributed by atoms with Crippen molar-refractivity contribution in [1.29, 1.82) is 0 Å². The molecule has 9 heteroatoms. The van der Waals surface area contributed by atoms with Gasteiger partial charge in [-0.25, -0.2) is 0 Å². The second-order valence-electron chi connectivity index (χ2n) is 11.3. The number of benzene rings is 2. The van der Waals surface area contributed by atoms with Gasteiger partial charge >= 0.3 is 5.97 Å². The Morgan fingerprint density at radius 2 is 1.85 bits per heavy atom. The lowest BCUT2D eigenvalue weighted by Crippen LogP contribution is -2.60. The van der Waals surface area contributed by atoms with Gasteiger partial charge in [-0.15, -0.1) is 0 Å². The number of esters is 1. The monoisotopic (exact) mass is 598 g/mol. The van der Waals surface area contributed by atoms with Gasteiger partial charge in [0.15, 0.2) is 0 Å². The molecule has 1 N–H and O–H groups in total. The second kappa shape index (κ2) is 12.6. The zero-order chi connectivity index (χ0) is 29.1. The number of nitrogens with one attached hydrogen (secondary N) is 1. The van der Waals surface area contributed by atoms with Crippen LogP contribution in [0.5, 0.6) is 0 Å². The zero-order valence-electron chi connectivity index (χ0n) is 23.4. The lowest BCUT2D eigenvalue weighted by molar-refractivity contribution is -0.178. The summed E-state index contributed by atoms with van der Waals surface area (Å²) in [6.45, 7) is 2.36. The van der Waals surface area contributed by atoms with Gasteiger partial charge in [0.2, 0.25) is 11.8 Å². The molecule has 41 heavy (non-hydrogen) atoms. The molecule has 5 rings (SSSR count). The van der Waals surface area contributed by atoms with Crippen LogP contribution in [-0.4, -0.2) is 42.0 Å². The number of nitrogens with zero attached hydrogens (tertiary/aromatic N) is 1. The Bertz CT molecular complexity index is 1330. The van der Waals surface area contributed by atoms with Crippen LogP contribution in [0, 0.1) is 17.3 Å². The van der Waals surface area contributed by atoms with Gasteiger partial charge in [0.25, 0.3) is 0 Å². The van der Waals surface area contributed by atoms with Crippen LogP contribution in [0.1, 0.15) is 56.6 Å². The summed E-state index contributed by atoms with van der Waals surface area (Å²) in [5.41, 5.74) is 0.978. The highest BCUT2D eigenvalue weighted by Gasteiger charge is 2.60. The molecule has 4 atom stereocenters. The normalized spacial score (nSPS) is 26.3. The average molecular weight is 600 g/mol. The SMILES string of the molecule is COC(=O)[C@]12C[C@H](CC(=O)NCc3ccccc3)C(=O)N(Cc3ccc(Cl)cc3Cl)C1=C[C@H](C1CCCC1)O[C@@H]2C. The standard InChI is InChI=1S/C32H36Cl2N2O5/c1-20-32(31(39)40-2)17-24(14-29(37)35-18-21-8-4-3-5-9-21)30(38)36(19-23-12-13-25(33)15-26(23)34)28(32)16-27(41-20)22-10-6-7-11-22/h3-5,8-9,12-13,15-16,20,22,24,27H,6-7,10-11,14,17-19H2,1-2H3,(H,35,37)/t20-,24+,27-,32+/m1/s1. The van der Waals surface area contributed by atoms with Crippen molar-refractivity contribution in [3.05, 3.63) is 81.5 Å². The molecule has 1 saturated carbocycles. The van der Waals surface area contributed by atoms with Gasteiger partial charge in [-0.05, 0) is 61.4 Å². The Morgan fingerprint density at radius 1 is 1.12 bits per heavy atom. The zero-order valence-corrected chi connectivity index (χ0v) is 24.9. The molecule has 0 radical (unpaired) electrons. The number of carbonyl (C=O) groups is 3. The molecule has 3 aliphatic rings. The number of hydrogen-bond donors (Lipinski definition) is 1. The summed E-state index contributed by atoms with van der Waals surface area (Å²) >= 11 is 12.7. The van der Waals surface area contributed by atoms with Crippen molar-refractivity contribution < 1.29 is 23.9 Å². The molecule has 7 nitrogen and oxygen atoms in total. The first-order valence-electron chi connectivity index (χ1n) is 14.2. The van der Waals surface area contributed by atoms with E-state index in [2.05, 4.69) is 5.32 Å². The van der Waals surface area contributed by atoms with Crippen molar-refractivity contribution in [3.8, 4) is 0 Å². The summed E-state index contributed by atoms with van der Waals surface area (Å²) in [5, 5.41) is 3.83. The molecule has 2 aromatic carbocycles. The van der Waals surface area contributed by atoms with E-state index in [-0.39, 0.29) is 37.3 Å². The minimum absolute atomic E-state index is 0.0681. The molecule has 2 aliphatic heterocycles. The largest absolute Gasteiger partial charge is 0.468 e. The Morgan fingerprint density at radius 3 is 2.54 bits per heavy atom. The molecule has 1 saturated heterocycles. The van der Waals surface area contributed by atoms with Crippen LogP contribution in [0.2, 0.25) is 10.0 Å². The molecule has 0 bridgehead atoms. The molecule has 2 heterocycles. The van der Waals surface area contributed by atoms with Crippen molar-refractivity contribution in [2.75, 3.05) is 7.11 Å². The van der Waals surface area contributed by atoms with E-state index in [1.807, 2.05) is 43.3 Å². The van der Waals surface area contributed by atoms with Gasteiger partial charge < -0.3 is 19.7 Å². The lowest BCUT2D eigenvalue weighted by Gasteiger charge is -2.52. The predicted molar refractivity (Wildman–Crippen MR) is 157 cm³/mol. The number of amides is 2. The molecule has 0 aromatic heterocycles. The maximum absolute atomic E-state index is 14.2. The van der Waals surface area contributed by atoms with Gasteiger partial charge in [0.05, 0.1) is 25.9 Å². The summed E-state index contributed by atoms with van der Waals surface area (Å²) in [6.07, 6.45) is 5.56. The minimum Gasteiger partial charge on any atom is -0.468 e. The fourth-order valence-corrected chi connectivity index (χ4v) is 7.09. The summed E-state index contributed by atoms with van der Waals surface area (Å²) < 4.78 is 11.9. The maximum Gasteiger partial charge on any atom is 0.320 e. The van der Waals surface area contributed by atoms with Crippen LogP contribution < -0.4 is 5.32 Å². The first-order valence-corrected chi connectivity index (χ1v) is 15.0. The minimum atomic E-state index is -1.25. The highest BCUT2D eigenvalue weighted by molar-refractivity contribution is 6.35. The molecule has 0 spiro atoms. The first kappa shape index (κ1) is 29.6. The summed E-state index contributed by atoms with van der Waals surface area (Å²) in [6, 6.07) is 14.7. The maximum atomic E-state index is 14.2. The summed E-state index contributed by atoms with van der Waals surface area (Å²) in [4.78, 5) is 42.6.